The summed E-state index contributed by atoms with van der Waals surface area (Å²) in [5.74, 6) is 0. The van der Waals surface area contributed by atoms with Gasteiger partial charge in [-0.25, -0.2) is 0 Å². The van der Waals surface area contributed by atoms with Crippen LogP contribution in [0.25, 0.3) is 10.9 Å². The van der Waals surface area contributed by atoms with Gasteiger partial charge in [-0.2, -0.15) is 5.10 Å². The molecule has 1 aromatic carbocycles. The van der Waals surface area contributed by atoms with Gasteiger partial charge in [0.25, 0.3) is 0 Å². The maximum atomic E-state index is 5.71. The van der Waals surface area contributed by atoms with Gasteiger partial charge >= 0.3 is 0 Å². The summed E-state index contributed by atoms with van der Waals surface area (Å²) in [7, 11) is 2.02. The van der Waals surface area contributed by atoms with Crippen LogP contribution in [0.2, 0.25) is 0 Å². The lowest BCUT2D eigenvalue weighted by molar-refractivity contribution is 0.596. The lowest BCUT2D eigenvalue weighted by Gasteiger charge is -2.10. The normalized spacial score (nSPS) is 17.9. The standard InChI is InChI=1S/C13H17N3/c1-16-11-5-3-2-4-10(11)12(15-16)13(6-7-13)8-9-14/h2-5H,6-9,14H2,1H3. The topological polar surface area (TPSA) is 43.8 Å². The fourth-order valence-corrected chi connectivity index (χ4v) is 2.64. The Balaban J connectivity index is 2.17. The zero-order valence-electron chi connectivity index (χ0n) is 9.61. The molecule has 3 heteroatoms. The average Bonchev–Trinajstić information content (AvgIpc) is 2.99. The monoisotopic (exact) mass is 215 g/mol. The van der Waals surface area contributed by atoms with Crippen LogP contribution in [0.15, 0.2) is 24.3 Å². The maximum absolute atomic E-state index is 5.71. The number of benzene rings is 1. The van der Waals surface area contributed by atoms with Gasteiger partial charge < -0.3 is 5.73 Å². The van der Waals surface area contributed by atoms with E-state index in [0.29, 0.717) is 0 Å². The molecule has 0 saturated heterocycles. The van der Waals surface area contributed by atoms with Crippen molar-refractivity contribution in [3.63, 3.8) is 0 Å². The number of nitrogens with zero attached hydrogens (tertiary/aromatic N) is 2. The summed E-state index contributed by atoms with van der Waals surface area (Å²) >= 11 is 0. The number of fused-ring (bicyclic) bond motifs is 1. The highest BCUT2D eigenvalue weighted by atomic mass is 15.3. The van der Waals surface area contributed by atoms with E-state index in [-0.39, 0.29) is 5.41 Å². The van der Waals surface area contributed by atoms with E-state index < -0.39 is 0 Å². The summed E-state index contributed by atoms with van der Waals surface area (Å²) in [6.07, 6.45) is 3.55. The minimum absolute atomic E-state index is 0.287. The third kappa shape index (κ3) is 1.28. The average molecular weight is 215 g/mol. The van der Waals surface area contributed by atoms with Gasteiger partial charge in [0.05, 0.1) is 11.2 Å². The Hall–Kier alpha value is -1.35. The molecule has 2 aromatic rings. The molecule has 0 bridgehead atoms. The van der Waals surface area contributed by atoms with Crippen LogP contribution in [-0.2, 0) is 12.5 Å². The predicted molar refractivity (Wildman–Crippen MR) is 65.3 cm³/mol. The van der Waals surface area contributed by atoms with Crippen molar-refractivity contribution in [2.24, 2.45) is 12.8 Å². The van der Waals surface area contributed by atoms with Gasteiger partial charge in [-0.1, -0.05) is 18.2 Å². The second-order valence-corrected chi connectivity index (χ2v) is 4.81. The number of nitrogens with two attached hydrogens (primary N) is 1. The zero-order chi connectivity index (χ0) is 11.2. The number of para-hydroxylation sites is 1. The molecule has 1 heterocycles. The molecule has 1 fully saturated rings. The minimum Gasteiger partial charge on any atom is -0.330 e. The summed E-state index contributed by atoms with van der Waals surface area (Å²) in [6.45, 7) is 0.755. The van der Waals surface area contributed by atoms with Crippen LogP contribution in [0.1, 0.15) is 25.0 Å². The minimum atomic E-state index is 0.287. The van der Waals surface area contributed by atoms with Crippen molar-refractivity contribution < 1.29 is 0 Å². The second-order valence-electron chi connectivity index (χ2n) is 4.81. The fourth-order valence-electron chi connectivity index (χ4n) is 2.64. The first-order valence-corrected chi connectivity index (χ1v) is 5.89. The van der Waals surface area contributed by atoms with Gasteiger partial charge in [0, 0.05) is 17.8 Å². The van der Waals surface area contributed by atoms with Crippen molar-refractivity contribution in [3.8, 4) is 0 Å². The Morgan fingerprint density at radius 1 is 1.38 bits per heavy atom. The van der Waals surface area contributed by atoms with Crippen molar-refractivity contribution in [2.45, 2.75) is 24.7 Å². The van der Waals surface area contributed by atoms with Gasteiger partial charge in [0.2, 0.25) is 0 Å². The summed E-state index contributed by atoms with van der Waals surface area (Å²) < 4.78 is 1.99. The Kier molecular flexibility index (Phi) is 2.04. The van der Waals surface area contributed by atoms with E-state index in [0.717, 1.165) is 13.0 Å². The molecule has 3 nitrogen and oxygen atoms in total. The van der Waals surface area contributed by atoms with Crippen LogP contribution >= 0.6 is 0 Å². The highest BCUT2D eigenvalue weighted by Crippen LogP contribution is 2.51. The first-order valence-electron chi connectivity index (χ1n) is 5.89. The highest BCUT2D eigenvalue weighted by molar-refractivity contribution is 5.83. The molecule has 1 aliphatic rings. The molecule has 2 N–H and O–H groups in total. The van der Waals surface area contributed by atoms with E-state index in [4.69, 9.17) is 10.8 Å². The largest absolute Gasteiger partial charge is 0.330 e. The molecule has 0 unspecified atom stereocenters. The van der Waals surface area contributed by atoms with E-state index in [1.54, 1.807) is 0 Å². The molecule has 3 rings (SSSR count). The molecule has 84 valence electrons. The van der Waals surface area contributed by atoms with Crippen molar-refractivity contribution in [1.82, 2.24) is 9.78 Å². The zero-order valence-corrected chi connectivity index (χ0v) is 9.61. The van der Waals surface area contributed by atoms with Crippen LogP contribution in [0, 0.1) is 0 Å². The molecular formula is C13H17N3. The van der Waals surface area contributed by atoms with Crippen molar-refractivity contribution >= 4 is 10.9 Å². The Labute approximate surface area is 95.2 Å². The van der Waals surface area contributed by atoms with E-state index in [2.05, 4.69) is 24.3 Å². The van der Waals surface area contributed by atoms with Crippen LogP contribution in [-0.4, -0.2) is 16.3 Å². The SMILES string of the molecule is Cn1nc(C2(CCN)CC2)c2ccccc21. The molecule has 1 aliphatic carbocycles. The van der Waals surface area contributed by atoms with Gasteiger partial charge in [0.1, 0.15) is 0 Å². The third-order valence-electron chi connectivity index (χ3n) is 3.74. The van der Waals surface area contributed by atoms with Crippen molar-refractivity contribution in [2.75, 3.05) is 6.54 Å². The smallest absolute Gasteiger partial charge is 0.0765 e. The van der Waals surface area contributed by atoms with Gasteiger partial charge in [-0.3, -0.25) is 4.68 Å². The summed E-state index contributed by atoms with van der Waals surface area (Å²) in [6, 6.07) is 8.46. The molecule has 0 spiro atoms. The van der Waals surface area contributed by atoms with E-state index in [9.17, 15) is 0 Å². The molecule has 1 aromatic heterocycles. The summed E-state index contributed by atoms with van der Waals surface area (Å²) in [4.78, 5) is 0. The van der Waals surface area contributed by atoms with Crippen LogP contribution < -0.4 is 5.73 Å². The molecule has 16 heavy (non-hydrogen) atoms. The molecular weight excluding hydrogens is 198 g/mol. The lowest BCUT2D eigenvalue weighted by Crippen LogP contribution is -2.14. The van der Waals surface area contributed by atoms with E-state index >= 15 is 0 Å². The Bertz CT molecular complexity index is 523. The molecule has 1 saturated carbocycles. The Morgan fingerprint density at radius 2 is 2.12 bits per heavy atom. The maximum Gasteiger partial charge on any atom is 0.0765 e. The lowest BCUT2D eigenvalue weighted by atomic mass is 9.95. The Morgan fingerprint density at radius 3 is 2.81 bits per heavy atom. The van der Waals surface area contributed by atoms with E-state index in [1.807, 2.05) is 11.7 Å². The van der Waals surface area contributed by atoms with Gasteiger partial charge in [0.15, 0.2) is 0 Å². The van der Waals surface area contributed by atoms with Crippen molar-refractivity contribution in [1.29, 1.82) is 0 Å². The predicted octanol–water partition coefficient (Wildman–Crippen LogP) is 1.95. The van der Waals surface area contributed by atoms with Crippen molar-refractivity contribution in [3.05, 3.63) is 30.0 Å². The highest BCUT2D eigenvalue weighted by Gasteiger charge is 2.46. The number of aromatic nitrogens is 2. The van der Waals surface area contributed by atoms with Crippen LogP contribution in [0.5, 0.6) is 0 Å². The van der Waals surface area contributed by atoms with E-state index in [1.165, 1.54) is 29.4 Å². The van der Waals surface area contributed by atoms with Gasteiger partial charge in [-0.15, -0.1) is 0 Å². The van der Waals surface area contributed by atoms with Crippen LogP contribution in [0.4, 0.5) is 0 Å². The quantitative estimate of drug-likeness (QED) is 0.850. The fraction of sp³-hybridized carbons (Fsp3) is 0.462. The number of hydrogen-bond acceptors (Lipinski definition) is 2. The second kappa shape index (κ2) is 3.32. The number of aryl methyl sites for hydroxylation is 1. The third-order valence-corrected chi connectivity index (χ3v) is 3.74. The molecule has 0 atom stereocenters. The van der Waals surface area contributed by atoms with Gasteiger partial charge in [-0.05, 0) is 31.9 Å². The molecule has 0 amide bonds. The number of rotatable bonds is 3. The first kappa shape index (κ1) is 9.85. The summed E-state index contributed by atoms with van der Waals surface area (Å²) in [5.41, 5.74) is 8.48. The molecule has 0 radical (unpaired) electrons. The molecule has 0 aliphatic heterocycles. The number of hydrogen-bond donors (Lipinski definition) is 1. The summed E-state index contributed by atoms with van der Waals surface area (Å²) in [5, 5.41) is 6.01. The van der Waals surface area contributed by atoms with Crippen LogP contribution in [0.3, 0.4) is 0 Å². The first-order chi connectivity index (χ1) is 7.77.